The molecule has 1 N–H and O–H groups in total. The maximum atomic E-state index is 12.0. The van der Waals surface area contributed by atoms with Crippen molar-refractivity contribution in [1.29, 1.82) is 0 Å². The molecular formula is C13H14BrNO3. The van der Waals surface area contributed by atoms with Crippen molar-refractivity contribution in [3.05, 3.63) is 28.8 Å². The Hall–Kier alpha value is -1.20. The number of amides is 1. The Labute approximate surface area is 114 Å². The van der Waals surface area contributed by atoms with Crippen LogP contribution in [0.1, 0.15) is 21.5 Å². The highest BCUT2D eigenvalue weighted by atomic mass is 79.9. The molecule has 0 fully saturated rings. The van der Waals surface area contributed by atoms with E-state index in [0.717, 1.165) is 11.1 Å². The molecule has 1 aromatic rings. The van der Waals surface area contributed by atoms with E-state index in [1.165, 1.54) is 4.90 Å². The molecule has 0 spiro atoms. The first-order valence-corrected chi connectivity index (χ1v) is 6.80. The number of nitrogens with zero attached hydrogens (tertiary/aromatic N) is 1. The van der Waals surface area contributed by atoms with E-state index in [4.69, 9.17) is 0 Å². The van der Waals surface area contributed by atoms with Gasteiger partial charge in [0.1, 0.15) is 0 Å². The van der Waals surface area contributed by atoms with Crippen LogP contribution in [0.5, 0.6) is 0 Å². The highest BCUT2D eigenvalue weighted by Gasteiger charge is 2.38. The van der Waals surface area contributed by atoms with Crippen LogP contribution in [0.4, 0.5) is 5.69 Å². The first-order chi connectivity index (χ1) is 8.47. The Kier molecular flexibility index (Phi) is 3.54. The Morgan fingerprint density at radius 3 is 2.50 bits per heavy atom. The standard InChI is InChI=1S/C13H14BrNO3/c1-7-3-4-8(2)11-10(7)12(17)13(18)15(11)6-9(16)5-14/h3-4,9,16H,5-6H2,1-2H3. The summed E-state index contributed by atoms with van der Waals surface area (Å²) in [6.45, 7) is 3.80. The molecule has 1 unspecified atom stereocenters. The van der Waals surface area contributed by atoms with Gasteiger partial charge in [-0.1, -0.05) is 28.1 Å². The van der Waals surface area contributed by atoms with E-state index in [9.17, 15) is 14.7 Å². The van der Waals surface area contributed by atoms with Gasteiger partial charge in [0.05, 0.1) is 23.9 Å². The number of Topliss-reactive ketones (excluding diaryl/α,β-unsaturated/α-hetero) is 1. The third-order valence-electron chi connectivity index (χ3n) is 3.10. The molecule has 5 heteroatoms. The fourth-order valence-corrected chi connectivity index (χ4v) is 2.40. The highest BCUT2D eigenvalue weighted by molar-refractivity contribution is 9.09. The largest absolute Gasteiger partial charge is 0.390 e. The minimum Gasteiger partial charge on any atom is -0.390 e. The second-order valence-electron chi connectivity index (χ2n) is 4.48. The number of alkyl halides is 1. The van der Waals surface area contributed by atoms with Crippen LogP contribution in [0.15, 0.2) is 12.1 Å². The molecule has 1 amide bonds. The SMILES string of the molecule is Cc1ccc(C)c2c1C(=O)C(=O)N2CC(O)CBr. The van der Waals surface area contributed by atoms with Crippen molar-refractivity contribution >= 4 is 33.3 Å². The summed E-state index contributed by atoms with van der Waals surface area (Å²) in [5.41, 5.74) is 2.79. The minimum absolute atomic E-state index is 0.132. The third kappa shape index (κ3) is 1.97. The highest BCUT2D eigenvalue weighted by Crippen LogP contribution is 2.34. The molecule has 0 aliphatic carbocycles. The van der Waals surface area contributed by atoms with Gasteiger partial charge >= 0.3 is 0 Å². The number of anilines is 1. The van der Waals surface area contributed by atoms with Crippen molar-refractivity contribution in [2.75, 3.05) is 16.8 Å². The zero-order chi connectivity index (χ0) is 13.4. The number of aliphatic hydroxyl groups is 1. The van der Waals surface area contributed by atoms with E-state index in [1.54, 1.807) is 0 Å². The normalized spacial score (nSPS) is 16.1. The van der Waals surface area contributed by atoms with Gasteiger partial charge in [0.15, 0.2) is 0 Å². The molecular weight excluding hydrogens is 298 g/mol. The van der Waals surface area contributed by atoms with Gasteiger partial charge in [-0.3, -0.25) is 9.59 Å². The number of β-amino-alcohol motifs (C(OH)–C–C–N with tert-alkyl or cyclic N) is 1. The first kappa shape index (κ1) is 13.2. The molecule has 1 aliphatic rings. The van der Waals surface area contributed by atoms with E-state index >= 15 is 0 Å². The lowest BCUT2D eigenvalue weighted by atomic mass is 10.0. The molecule has 4 nitrogen and oxygen atoms in total. The number of ketones is 1. The van der Waals surface area contributed by atoms with E-state index in [-0.39, 0.29) is 6.54 Å². The topological polar surface area (TPSA) is 57.6 Å². The molecule has 18 heavy (non-hydrogen) atoms. The van der Waals surface area contributed by atoms with Gasteiger partial charge in [-0.25, -0.2) is 0 Å². The summed E-state index contributed by atoms with van der Waals surface area (Å²) < 4.78 is 0. The monoisotopic (exact) mass is 311 g/mol. The van der Waals surface area contributed by atoms with E-state index in [1.807, 2.05) is 26.0 Å². The number of hydrogen-bond donors (Lipinski definition) is 1. The second kappa shape index (κ2) is 4.82. The summed E-state index contributed by atoms with van der Waals surface area (Å²) in [4.78, 5) is 25.3. The molecule has 1 aliphatic heterocycles. The van der Waals surface area contributed by atoms with Gasteiger partial charge in [0.2, 0.25) is 0 Å². The Balaban J connectivity index is 2.51. The van der Waals surface area contributed by atoms with Crippen molar-refractivity contribution in [3.63, 3.8) is 0 Å². The fourth-order valence-electron chi connectivity index (χ4n) is 2.20. The fraction of sp³-hybridized carbons (Fsp3) is 0.385. The number of aryl methyl sites for hydroxylation is 2. The van der Waals surface area contributed by atoms with Crippen LogP contribution < -0.4 is 4.90 Å². The lowest BCUT2D eigenvalue weighted by Crippen LogP contribution is -2.37. The van der Waals surface area contributed by atoms with E-state index in [0.29, 0.717) is 16.6 Å². The molecule has 0 saturated carbocycles. The van der Waals surface area contributed by atoms with Gasteiger partial charge in [0, 0.05) is 5.33 Å². The molecule has 0 radical (unpaired) electrons. The number of carbonyl (C=O) groups excluding carboxylic acids is 2. The van der Waals surface area contributed by atoms with Crippen molar-refractivity contribution in [2.24, 2.45) is 0 Å². The number of aliphatic hydroxyl groups excluding tert-OH is 1. The number of benzene rings is 1. The zero-order valence-electron chi connectivity index (χ0n) is 10.2. The van der Waals surface area contributed by atoms with Gasteiger partial charge in [-0.2, -0.15) is 0 Å². The summed E-state index contributed by atoms with van der Waals surface area (Å²) in [5.74, 6) is -1.03. The average molecular weight is 312 g/mol. The maximum Gasteiger partial charge on any atom is 0.299 e. The molecule has 1 atom stereocenters. The van der Waals surface area contributed by atoms with Crippen LogP contribution in [-0.4, -0.2) is 34.8 Å². The van der Waals surface area contributed by atoms with E-state index in [2.05, 4.69) is 15.9 Å². The summed E-state index contributed by atoms with van der Waals surface area (Å²) >= 11 is 3.16. The van der Waals surface area contributed by atoms with Crippen molar-refractivity contribution in [3.8, 4) is 0 Å². The Morgan fingerprint density at radius 1 is 1.28 bits per heavy atom. The molecule has 96 valence electrons. The lowest BCUT2D eigenvalue weighted by molar-refractivity contribution is -0.114. The zero-order valence-corrected chi connectivity index (χ0v) is 11.8. The van der Waals surface area contributed by atoms with E-state index < -0.39 is 17.8 Å². The van der Waals surface area contributed by atoms with Crippen LogP contribution in [0.3, 0.4) is 0 Å². The number of rotatable bonds is 3. The first-order valence-electron chi connectivity index (χ1n) is 5.67. The molecule has 2 rings (SSSR count). The average Bonchev–Trinajstić information content (AvgIpc) is 2.60. The molecule has 1 aromatic carbocycles. The third-order valence-corrected chi connectivity index (χ3v) is 3.84. The molecule has 0 saturated heterocycles. The molecule has 0 aromatic heterocycles. The predicted molar refractivity (Wildman–Crippen MR) is 72.4 cm³/mol. The summed E-state index contributed by atoms with van der Waals surface area (Å²) in [6.07, 6.45) is -0.687. The van der Waals surface area contributed by atoms with Gasteiger partial charge in [0.25, 0.3) is 11.7 Å². The summed E-state index contributed by atoms with van der Waals surface area (Å²) in [7, 11) is 0. The Bertz CT molecular complexity index is 527. The summed E-state index contributed by atoms with van der Waals surface area (Å²) in [6, 6.07) is 3.72. The van der Waals surface area contributed by atoms with Gasteiger partial charge in [-0.15, -0.1) is 0 Å². The number of hydrogen-bond acceptors (Lipinski definition) is 3. The minimum atomic E-state index is -0.687. The van der Waals surface area contributed by atoms with Crippen LogP contribution in [0.25, 0.3) is 0 Å². The van der Waals surface area contributed by atoms with Crippen LogP contribution in [0, 0.1) is 13.8 Å². The molecule has 1 heterocycles. The number of fused-ring (bicyclic) bond motifs is 1. The van der Waals surface area contributed by atoms with Crippen molar-refractivity contribution in [1.82, 2.24) is 0 Å². The number of halogens is 1. The van der Waals surface area contributed by atoms with Gasteiger partial charge < -0.3 is 10.0 Å². The van der Waals surface area contributed by atoms with Crippen molar-refractivity contribution in [2.45, 2.75) is 20.0 Å². The number of carbonyl (C=O) groups is 2. The second-order valence-corrected chi connectivity index (χ2v) is 5.12. The smallest absolute Gasteiger partial charge is 0.299 e. The lowest BCUT2D eigenvalue weighted by Gasteiger charge is -2.21. The maximum absolute atomic E-state index is 12.0. The predicted octanol–water partition coefficient (Wildman–Crippen LogP) is 1.59. The van der Waals surface area contributed by atoms with Crippen LogP contribution in [-0.2, 0) is 4.79 Å². The molecule has 0 bridgehead atoms. The van der Waals surface area contributed by atoms with Gasteiger partial charge in [-0.05, 0) is 25.0 Å². The summed E-state index contributed by atoms with van der Waals surface area (Å²) in [5, 5.41) is 10.0. The quantitative estimate of drug-likeness (QED) is 0.681. The van der Waals surface area contributed by atoms with Crippen LogP contribution in [0.2, 0.25) is 0 Å². The van der Waals surface area contributed by atoms with Crippen molar-refractivity contribution < 1.29 is 14.7 Å². The Morgan fingerprint density at radius 2 is 1.89 bits per heavy atom. The van der Waals surface area contributed by atoms with Crippen LogP contribution >= 0.6 is 15.9 Å².